The summed E-state index contributed by atoms with van der Waals surface area (Å²) < 4.78 is 5.85. The second kappa shape index (κ2) is 5.20. The molecule has 1 aromatic heterocycles. The van der Waals surface area contributed by atoms with Crippen molar-refractivity contribution in [1.82, 2.24) is 9.97 Å². The van der Waals surface area contributed by atoms with Gasteiger partial charge in [-0.3, -0.25) is 4.98 Å². The molecule has 0 radical (unpaired) electrons. The van der Waals surface area contributed by atoms with Gasteiger partial charge in [0.25, 0.3) is 0 Å². The molecule has 98 valence electrons. The highest BCUT2D eigenvalue weighted by Gasteiger charge is 2.34. The SMILES string of the molecule is OCc1cncc(N2CCOC3CCCCC32)n1. The molecule has 1 aliphatic carbocycles. The molecular formula is C13H19N3O2. The van der Waals surface area contributed by atoms with Crippen LogP contribution >= 0.6 is 0 Å². The van der Waals surface area contributed by atoms with Gasteiger partial charge in [-0.2, -0.15) is 0 Å². The van der Waals surface area contributed by atoms with Gasteiger partial charge in [0.1, 0.15) is 5.82 Å². The number of aromatic nitrogens is 2. The molecule has 0 bridgehead atoms. The van der Waals surface area contributed by atoms with Gasteiger partial charge >= 0.3 is 0 Å². The zero-order chi connectivity index (χ0) is 12.4. The molecule has 3 rings (SSSR count). The first-order valence-corrected chi connectivity index (χ1v) is 6.68. The van der Waals surface area contributed by atoms with Crippen LogP contribution in [0.3, 0.4) is 0 Å². The number of aliphatic hydroxyl groups is 1. The molecule has 5 nitrogen and oxygen atoms in total. The molecule has 1 N–H and O–H groups in total. The Hall–Kier alpha value is -1.20. The van der Waals surface area contributed by atoms with E-state index in [0.29, 0.717) is 17.8 Å². The first-order chi connectivity index (χ1) is 8.88. The molecular weight excluding hydrogens is 230 g/mol. The Morgan fingerprint density at radius 2 is 2.22 bits per heavy atom. The Morgan fingerprint density at radius 3 is 3.11 bits per heavy atom. The van der Waals surface area contributed by atoms with Crippen molar-refractivity contribution >= 4 is 5.82 Å². The third-order valence-electron chi connectivity index (χ3n) is 3.86. The lowest BCUT2D eigenvalue weighted by Gasteiger charge is -2.44. The van der Waals surface area contributed by atoms with Crippen molar-refractivity contribution in [3.8, 4) is 0 Å². The molecule has 2 aliphatic rings. The molecule has 0 amide bonds. The van der Waals surface area contributed by atoms with E-state index in [4.69, 9.17) is 9.84 Å². The van der Waals surface area contributed by atoms with Crippen LogP contribution in [-0.4, -0.2) is 40.4 Å². The van der Waals surface area contributed by atoms with Gasteiger partial charge in [0.05, 0.1) is 43.4 Å². The first kappa shape index (κ1) is 11.9. The summed E-state index contributed by atoms with van der Waals surface area (Å²) in [5.41, 5.74) is 0.631. The molecule has 5 heteroatoms. The highest BCUT2D eigenvalue weighted by molar-refractivity contribution is 5.39. The van der Waals surface area contributed by atoms with E-state index in [9.17, 15) is 0 Å². The van der Waals surface area contributed by atoms with E-state index in [1.54, 1.807) is 12.4 Å². The molecule has 1 aromatic rings. The summed E-state index contributed by atoms with van der Waals surface area (Å²) in [5.74, 6) is 0.877. The summed E-state index contributed by atoms with van der Waals surface area (Å²) in [5, 5.41) is 9.15. The molecule has 0 aromatic carbocycles. The molecule has 18 heavy (non-hydrogen) atoms. The van der Waals surface area contributed by atoms with Crippen LogP contribution in [0.25, 0.3) is 0 Å². The van der Waals surface area contributed by atoms with E-state index in [-0.39, 0.29) is 6.61 Å². The Bertz CT molecular complexity index is 411. The smallest absolute Gasteiger partial charge is 0.147 e. The number of ether oxygens (including phenoxy) is 1. The normalized spacial score (nSPS) is 27.9. The summed E-state index contributed by atoms with van der Waals surface area (Å²) >= 11 is 0. The molecule has 1 aliphatic heterocycles. The molecule has 1 saturated carbocycles. The van der Waals surface area contributed by atoms with Crippen molar-refractivity contribution < 1.29 is 9.84 Å². The summed E-state index contributed by atoms with van der Waals surface area (Å²) in [6, 6.07) is 0.427. The van der Waals surface area contributed by atoms with Crippen molar-refractivity contribution in [3.05, 3.63) is 18.1 Å². The fraction of sp³-hybridized carbons (Fsp3) is 0.692. The number of anilines is 1. The van der Waals surface area contributed by atoms with Gasteiger partial charge in [-0.05, 0) is 12.8 Å². The average Bonchev–Trinajstić information content (AvgIpc) is 2.47. The maximum Gasteiger partial charge on any atom is 0.147 e. The van der Waals surface area contributed by atoms with Crippen LogP contribution < -0.4 is 4.90 Å². The fourth-order valence-electron chi connectivity index (χ4n) is 2.99. The van der Waals surface area contributed by atoms with Crippen molar-refractivity contribution in [3.63, 3.8) is 0 Å². The Morgan fingerprint density at radius 1 is 1.33 bits per heavy atom. The van der Waals surface area contributed by atoms with Crippen LogP contribution in [0.1, 0.15) is 31.4 Å². The maximum absolute atomic E-state index is 9.15. The lowest BCUT2D eigenvalue weighted by molar-refractivity contribution is -0.00903. The van der Waals surface area contributed by atoms with Crippen LogP contribution in [0.15, 0.2) is 12.4 Å². The van der Waals surface area contributed by atoms with Gasteiger partial charge in [0.2, 0.25) is 0 Å². The van der Waals surface area contributed by atoms with E-state index in [0.717, 1.165) is 31.8 Å². The molecule has 2 atom stereocenters. The fourth-order valence-corrected chi connectivity index (χ4v) is 2.99. The standard InChI is InChI=1S/C13H19N3O2/c17-9-10-7-14-8-13(15-10)16-5-6-18-12-4-2-1-3-11(12)16/h7-8,11-12,17H,1-6,9H2. The zero-order valence-corrected chi connectivity index (χ0v) is 10.5. The summed E-state index contributed by atoms with van der Waals surface area (Å²) in [6.45, 7) is 1.57. The number of morpholine rings is 1. The largest absolute Gasteiger partial charge is 0.390 e. The minimum Gasteiger partial charge on any atom is -0.390 e. The van der Waals surface area contributed by atoms with Gasteiger partial charge in [-0.25, -0.2) is 4.98 Å². The van der Waals surface area contributed by atoms with E-state index in [1.807, 2.05) is 0 Å². The average molecular weight is 249 g/mol. The van der Waals surface area contributed by atoms with E-state index in [1.165, 1.54) is 12.8 Å². The number of fused-ring (bicyclic) bond motifs is 1. The predicted molar refractivity (Wildman–Crippen MR) is 67.3 cm³/mol. The zero-order valence-electron chi connectivity index (χ0n) is 10.5. The molecule has 2 fully saturated rings. The van der Waals surface area contributed by atoms with Crippen molar-refractivity contribution in [2.45, 2.75) is 44.4 Å². The Kier molecular flexibility index (Phi) is 3.43. The second-order valence-electron chi connectivity index (χ2n) is 4.98. The van der Waals surface area contributed by atoms with Gasteiger partial charge in [-0.1, -0.05) is 12.8 Å². The second-order valence-corrected chi connectivity index (χ2v) is 4.98. The van der Waals surface area contributed by atoms with Crippen molar-refractivity contribution in [2.75, 3.05) is 18.1 Å². The van der Waals surface area contributed by atoms with Gasteiger partial charge in [0, 0.05) is 6.54 Å². The summed E-state index contributed by atoms with van der Waals surface area (Å²) in [4.78, 5) is 10.9. The van der Waals surface area contributed by atoms with E-state index >= 15 is 0 Å². The Balaban J connectivity index is 1.84. The molecule has 0 spiro atoms. The maximum atomic E-state index is 9.15. The molecule has 2 unspecified atom stereocenters. The Labute approximate surface area is 107 Å². The first-order valence-electron chi connectivity index (χ1n) is 6.68. The van der Waals surface area contributed by atoms with Crippen LogP contribution in [0.4, 0.5) is 5.82 Å². The number of rotatable bonds is 2. The number of nitrogens with zero attached hydrogens (tertiary/aromatic N) is 3. The third-order valence-corrected chi connectivity index (χ3v) is 3.86. The predicted octanol–water partition coefficient (Wildman–Crippen LogP) is 1.12. The van der Waals surface area contributed by atoms with Crippen LogP contribution in [0.2, 0.25) is 0 Å². The van der Waals surface area contributed by atoms with Gasteiger partial charge in [-0.15, -0.1) is 0 Å². The van der Waals surface area contributed by atoms with E-state index in [2.05, 4.69) is 14.9 Å². The minimum absolute atomic E-state index is 0.0563. The van der Waals surface area contributed by atoms with Crippen molar-refractivity contribution in [1.29, 1.82) is 0 Å². The van der Waals surface area contributed by atoms with Gasteiger partial charge in [0.15, 0.2) is 0 Å². The number of hydrogen-bond acceptors (Lipinski definition) is 5. The minimum atomic E-state index is -0.0563. The summed E-state index contributed by atoms with van der Waals surface area (Å²) in [6.07, 6.45) is 8.57. The van der Waals surface area contributed by atoms with Gasteiger partial charge < -0.3 is 14.7 Å². The quantitative estimate of drug-likeness (QED) is 0.851. The van der Waals surface area contributed by atoms with E-state index < -0.39 is 0 Å². The topological polar surface area (TPSA) is 58.5 Å². The lowest BCUT2D eigenvalue weighted by Crippen LogP contribution is -2.53. The van der Waals surface area contributed by atoms with Crippen LogP contribution in [0, 0.1) is 0 Å². The molecule has 1 saturated heterocycles. The lowest BCUT2D eigenvalue weighted by atomic mass is 9.90. The third kappa shape index (κ3) is 2.20. The van der Waals surface area contributed by atoms with Crippen molar-refractivity contribution in [2.24, 2.45) is 0 Å². The monoisotopic (exact) mass is 249 g/mol. The highest BCUT2D eigenvalue weighted by atomic mass is 16.5. The highest BCUT2D eigenvalue weighted by Crippen LogP contribution is 2.30. The van der Waals surface area contributed by atoms with Crippen LogP contribution in [-0.2, 0) is 11.3 Å². The summed E-state index contributed by atoms with van der Waals surface area (Å²) in [7, 11) is 0. The number of hydrogen-bond donors (Lipinski definition) is 1. The molecule has 2 heterocycles. The van der Waals surface area contributed by atoms with Crippen LogP contribution in [0.5, 0.6) is 0 Å². The number of aliphatic hydroxyl groups excluding tert-OH is 1.